The van der Waals surface area contributed by atoms with E-state index in [4.69, 9.17) is 11.6 Å². The minimum atomic E-state index is -0.208. The van der Waals surface area contributed by atoms with Gasteiger partial charge in [-0.1, -0.05) is 41.9 Å². The molecule has 1 heterocycles. The largest absolute Gasteiger partial charge is 0.322 e. The first-order chi connectivity index (χ1) is 15.4. The number of hydrogen-bond acceptors (Lipinski definition) is 3. The van der Waals surface area contributed by atoms with Crippen molar-refractivity contribution in [2.45, 2.75) is 13.8 Å². The summed E-state index contributed by atoms with van der Waals surface area (Å²) in [5, 5.41) is 11.0. The summed E-state index contributed by atoms with van der Waals surface area (Å²) >= 11 is 6.03. The van der Waals surface area contributed by atoms with Gasteiger partial charge in [0.15, 0.2) is 0 Å². The second-order valence-electron chi connectivity index (χ2n) is 7.28. The Morgan fingerprint density at radius 3 is 2.16 bits per heavy atom. The van der Waals surface area contributed by atoms with Crippen molar-refractivity contribution < 1.29 is 9.59 Å². The van der Waals surface area contributed by atoms with Crippen molar-refractivity contribution in [1.29, 1.82) is 0 Å². The number of carbonyl (C=O) groups is 2. The van der Waals surface area contributed by atoms with Gasteiger partial charge < -0.3 is 10.6 Å². The van der Waals surface area contributed by atoms with E-state index in [9.17, 15) is 9.59 Å². The lowest BCUT2D eigenvalue weighted by atomic mass is 10.1. The molecule has 6 nitrogen and oxygen atoms in total. The summed E-state index contributed by atoms with van der Waals surface area (Å²) in [6.45, 7) is 3.34. The zero-order chi connectivity index (χ0) is 22.7. The number of aryl methyl sites for hydroxylation is 1. The minimum absolute atomic E-state index is 0.205. The Hall–Kier alpha value is -3.90. The molecule has 2 amide bonds. The lowest BCUT2D eigenvalue weighted by molar-refractivity contribution is -0.114. The molecule has 0 aliphatic carbocycles. The predicted molar refractivity (Wildman–Crippen MR) is 127 cm³/mol. The number of rotatable bonds is 5. The van der Waals surface area contributed by atoms with Gasteiger partial charge in [-0.05, 0) is 61.0 Å². The zero-order valence-corrected chi connectivity index (χ0v) is 18.4. The number of carbonyl (C=O) groups excluding carboxylic acids is 2. The van der Waals surface area contributed by atoms with Crippen LogP contribution in [0.1, 0.15) is 23.0 Å². The van der Waals surface area contributed by atoms with Crippen LogP contribution in [0.25, 0.3) is 16.8 Å². The average molecular weight is 445 g/mol. The van der Waals surface area contributed by atoms with E-state index in [1.54, 1.807) is 41.1 Å². The Morgan fingerprint density at radius 1 is 0.875 bits per heavy atom. The molecular weight excluding hydrogens is 424 g/mol. The maximum Gasteiger partial charge on any atom is 0.255 e. The summed E-state index contributed by atoms with van der Waals surface area (Å²) in [5.41, 5.74) is 4.41. The van der Waals surface area contributed by atoms with Crippen molar-refractivity contribution in [2.24, 2.45) is 0 Å². The van der Waals surface area contributed by atoms with E-state index in [2.05, 4.69) is 15.7 Å². The van der Waals surface area contributed by atoms with Crippen LogP contribution in [0.3, 0.4) is 0 Å². The first-order valence-corrected chi connectivity index (χ1v) is 10.4. The molecule has 0 radical (unpaired) electrons. The Balaban J connectivity index is 1.68. The SMILES string of the molecule is CC(=O)Nc1c(-c2ccc(Cl)cc2)c(C)nn1-c1ccc(C(=O)Nc2ccccc2)cc1. The Bertz CT molecular complexity index is 1260. The summed E-state index contributed by atoms with van der Waals surface area (Å²) in [4.78, 5) is 24.5. The van der Waals surface area contributed by atoms with Gasteiger partial charge >= 0.3 is 0 Å². The van der Waals surface area contributed by atoms with Crippen LogP contribution in [0.5, 0.6) is 0 Å². The highest BCUT2D eigenvalue weighted by atomic mass is 35.5. The Kier molecular flexibility index (Phi) is 6.05. The highest BCUT2D eigenvalue weighted by Gasteiger charge is 2.19. The minimum Gasteiger partial charge on any atom is -0.322 e. The van der Waals surface area contributed by atoms with Crippen LogP contribution in [0, 0.1) is 6.92 Å². The molecule has 2 N–H and O–H groups in total. The van der Waals surface area contributed by atoms with Gasteiger partial charge in [0.1, 0.15) is 5.82 Å². The molecule has 160 valence electrons. The van der Waals surface area contributed by atoms with Crippen molar-refractivity contribution in [2.75, 3.05) is 10.6 Å². The number of anilines is 2. The molecule has 0 fully saturated rings. The van der Waals surface area contributed by atoms with Gasteiger partial charge in [-0.25, -0.2) is 4.68 Å². The second-order valence-corrected chi connectivity index (χ2v) is 7.71. The van der Waals surface area contributed by atoms with Gasteiger partial charge in [-0.3, -0.25) is 9.59 Å². The highest BCUT2D eigenvalue weighted by molar-refractivity contribution is 6.30. The third-order valence-electron chi connectivity index (χ3n) is 4.89. The lowest BCUT2D eigenvalue weighted by Gasteiger charge is -2.11. The third-order valence-corrected chi connectivity index (χ3v) is 5.15. The molecule has 1 aromatic heterocycles. The summed E-state index contributed by atoms with van der Waals surface area (Å²) in [6, 6.07) is 23.7. The molecule has 0 saturated heterocycles. The summed E-state index contributed by atoms with van der Waals surface area (Å²) in [5.74, 6) is 0.141. The van der Waals surface area contributed by atoms with Crippen molar-refractivity contribution in [3.05, 3.63) is 95.1 Å². The number of para-hydroxylation sites is 1. The zero-order valence-electron chi connectivity index (χ0n) is 17.6. The number of amides is 2. The molecular formula is C25H21ClN4O2. The van der Waals surface area contributed by atoms with Crippen LogP contribution in [0.15, 0.2) is 78.9 Å². The molecule has 7 heteroatoms. The Morgan fingerprint density at radius 2 is 1.53 bits per heavy atom. The number of nitrogens with zero attached hydrogens (tertiary/aromatic N) is 2. The fourth-order valence-corrected chi connectivity index (χ4v) is 3.56. The summed E-state index contributed by atoms with van der Waals surface area (Å²) in [7, 11) is 0. The fourth-order valence-electron chi connectivity index (χ4n) is 3.44. The molecule has 0 spiro atoms. The standard InChI is InChI=1S/C25H21ClN4O2/c1-16-23(18-8-12-20(26)13-9-18)24(27-17(2)31)30(29-16)22-14-10-19(11-15-22)25(32)28-21-6-4-3-5-7-21/h3-15H,1-2H3,(H,27,31)(H,28,32). The average Bonchev–Trinajstić information content (AvgIpc) is 3.10. The van der Waals surface area contributed by atoms with Crippen molar-refractivity contribution in [3.8, 4) is 16.8 Å². The van der Waals surface area contributed by atoms with E-state index >= 15 is 0 Å². The topological polar surface area (TPSA) is 76.0 Å². The van der Waals surface area contributed by atoms with Crippen LogP contribution in [-0.4, -0.2) is 21.6 Å². The van der Waals surface area contributed by atoms with Crippen molar-refractivity contribution in [1.82, 2.24) is 9.78 Å². The van der Waals surface area contributed by atoms with Gasteiger partial charge in [0.2, 0.25) is 5.91 Å². The fraction of sp³-hybridized carbons (Fsp3) is 0.0800. The third kappa shape index (κ3) is 4.55. The van der Waals surface area contributed by atoms with Crippen molar-refractivity contribution in [3.63, 3.8) is 0 Å². The van der Waals surface area contributed by atoms with Gasteiger partial charge in [-0.2, -0.15) is 5.10 Å². The first-order valence-electron chi connectivity index (χ1n) is 10.0. The van der Waals surface area contributed by atoms with Crippen LogP contribution < -0.4 is 10.6 Å². The number of benzene rings is 3. The van der Waals surface area contributed by atoms with E-state index in [1.807, 2.05) is 49.4 Å². The van der Waals surface area contributed by atoms with Crippen LogP contribution >= 0.6 is 11.6 Å². The molecule has 0 atom stereocenters. The van der Waals surface area contributed by atoms with E-state index in [-0.39, 0.29) is 11.8 Å². The molecule has 0 aliphatic heterocycles. The molecule has 0 unspecified atom stereocenters. The molecule has 4 aromatic rings. The number of aromatic nitrogens is 2. The molecule has 32 heavy (non-hydrogen) atoms. The van der Waals surface area contributed by atoms with Gasteiger partial charge in [0, 0.05) is 28.8 Å². The summed E-state index contributed by atoms with van der Waals surface area (Å²) < 4.78 is 1.67. The van der Waals surface area contributed by atoms with Gasteiger partial charge in [0.05, 0.1) is 11.4 Å². The molecule has 3 aromatic carbocycles. The highest BCUT2D eigenvalue weighted by Crippen LogP contribution is 2.34. The van der Waals surface area contributed by atoms with Crippen LogP contribution in [0.4, 0.5) is 11.5 Å². The van der Waals surface area contributed by atoms with Crippen molar-refractivity contribution >= 4 is 34.9 Å². The predicted octanol–water partition coefficient (Wildman–Crippen LogP) is 5.71. The smallest absolute Gasteiger partial charge is 0.255 e. The second kappa shape index (κ2) is 9.08. The van der Waals surface area contributed by atoms with Crippen LogP contribution in [-0.2, 0) is 4.79 Å². The molecule has 0 bridgehead atoms. The number of nitrogens with one attached hydrogen (secondary N) is 2. The van der Waals surface area contributed by atoms with E-state index in [0.29, 0.717) is 22.1 Å². The first kappa shape index (κ1) is 21.3. The van der Waals surface area contributed by atoms with E-state index in [0.717, 1.165) is 22.5 Å². The Labute approximate surface area is 190 Å². The monoisotopic (exact) mass is 444 g/mol. The van der Waals surface area contributed by atoms with Gasteiger partial charge in [0.25, 0.3) is 5.91 Å². The molecule has 0 saturated carbocycles. The maximum atomic E-state index is 12.5. The van der Waals surface area contributed by atoms with Crippen LogP contribution in [0.2, 0.25) is 5.02 Å². The quantitative estimate of drug-likeness (QED) is 0.413. The van der Waals surface area contributed by atoms with E-state index < -0.39 is 0 Å². The van der Waals surface area contributed by atoms with Gasteiger partial charge in [-0.15, -0.1) is 0 Å². The number of hydrogen-bond donors (Lipinski definition) is 2. The van der Waals surface area contributed by atoms with E-state index in [1.165, 1.54) is 6.92 Å². The molecule has 4 rings (SSSR count). The number of halogens is 1. The maximum absolute atomic E-state index is 12.5. The molecule has 0 aliphatic rings. The normalized spacial score (nSPS) is 10.6. The summed E-state index contributed by atoms with van der Waals surface area (Å²) in [6.07, 6.45) is 0. The lowest BCUT2D eigenvalue weighted by Crippen LogP contribution is -2.13.